The van der Waals surface area contributed by atoms with Crippen LogP contribution in [0.4, 0.5) is 0 Å². The monoisotopic (exact) mass is 222 g/mol. The van der Waals surface area contributed by atoms with Crippen LogP contribution in [-0.4, -0.2) is 18.1 Å². The molecular weight excluding hydrogens is 199 g/mol. The lowest BCUT2D eigenvalue weighted by Gasteiger charge is -2.22. The predicted octanol–water partition coefficient (Wildman–Crippen LogP) is 3.33. The molecule has 14 heavy (non-hydrogen) atoms. The van der Waals surface area contributed by atoms with Gasteiger partial charge >= 0.3 is 8.60 Å². The van der Waals surface area contributed by atoms with Gasteiger partial charge in [-0.25, -0.2) is 0 Å². The van der Waals surface area contributed by atoms with Gasteiger partial charge in [-0.3, -0.25) is 0 Å². The number of hydrogen-bond donors (Lipinski definition) is 1. The molecule has 0 spiro atoms. The van der Waals surface area contributed by atoms with Crippen LogP contribution in [0.25, 0.3) is 0 Å². The summed E-state index contributed by atoms with van der Waals surface area (Å²) in [5, 5.41) is 0. The Labute approximate surface area is 88.8 Å². The zero-order valence-electron chi connectivity index (χ0n) is 10.1. The fourth-order valence-electron chi connectivity index (χ4n) is 0.535. The Morgan fingerprint density at radius 1 is 0.857 bits per heavy atom. The zero-order valence-corrected chi connectivity index (χ0v) is 11.0. The Hall–Kier alpha value is 0.310. The normalized spacial score (nSPS) is 13.7. The molecule has 0 aliphatic heterocycles. The summed E-state index contributed by atoms with van der Waals surface area (Å²) in [5.41, 5.74) is 0.128. The minimum Gasteiger partial charge on any atom is -0.328 e. The molecule has 86 valence electrons. The molecule has 3 nitrogen and oxygen atoms in total. The van der Waals surface area contributed by atoms with Crippen LogP contribution in [0.1, 0.15) is 41.5 Å². The molecule has 0 aromatic rings. The Balaban J connectivity index is 3.62. The summed E-state index contributed by atoms with van der Waals surface area (Å²) in [7, 11) is -1.71. The molecule has 0 aromatic heterocycles. The molecule has 0 aliphatic rings. The van der Waals surface area contributed by atoms with Gasteiger partial charge in [0.1, 0.15) is 0 Å². The van der Waals surface area contributed by atoms with Crippen molar-refractivity contribution in [1.29, 1.82) is 0 Å². The van der Waals surface area contributed by atoms with Crippen LogP contribution < -0.4 is 0 Å². The fourth-order valence-corrected chi connectivity index (χ4v) is 1.61. The minimum atomic E-state index is -1.71. The molecule has 4 heteroatoms. The van der Waals surface area contributed by atoms with Crippen molar-refractivity contribution in [3.8, 4) is 0 Å². The molecule has 0 fully saturated rings. The molecule has 1 N–H and O–H groups in total. The predicted molar refractivity (Wildman–Crippen MR) is 60.0 cm³/mol. The summed E-state index contributed by atoms with van der Waals surface area (Å²) >= 11 is 0. The summed E-state index contributed by atoms with van der Waals surface area (Å²) in [6.07, 6.45) is 0. The van der Waals surface area contributed by atoms with Crippen LogP contribution in [-0.2, 0) is 9.05 Å². The van der Waals surface area contributed by atoms with Gasteiger partial charge in [0.05, 0.1) is 13.2 Å². The second-order valence-electron chi connectivity index (χ2n) is 5.91. The summed E-state index contributed by atoms with van der Waals surface area (Å²) in [6, 6.07) is 0. The van der Waals surface area contributed by atoms with Crippen LogP contribution in [0, 0.1) is 10.8 Å². The van der Waals surface area contributed by atoms with Crippen molar-refractivity contribution in [2.45, 2.75) is 41.5 Å². The lowest BCUT2D eigenvalue weighted by molar-refractivity contribution is 0.121. The highest BCUT2D eigenvalue weighted by Gasteiger charge is 2.18. The summed E-state index contributed by atoms with van der Waals surface area (Å²) < 4.78 is 10.4. The molecule has 0 radical (unpaired) electrons. The molecule has 0 bridgehead atoms. The van der Waals surface area contributed by atoms with E-state index in [0.717, 1.165) is 0 Å². The third kappa shape index (κ3) is 10.4. The molecule has 0 saturated carbocycles. The lowest BCUT2D eigenvalue weighted by Crippen LogP contribution is -2.16. The van der Waals surface area contributed by atoms with Crippen molar-refractivity contribution >= 4 is 8.60 Å². The second-order valence-corrected chi connectivity index (χ2v) is 6.90. The number of hydrogen-bond acceptors (Lipinski definition) is 3. The summed E-state index contributed by atoms with van der Waals surface area (Å²) in [6.45, 7) is 13.4. The highest BCUT2D eigenvalue weighted by molar-refractivity contribution is 7.40. The maximum Gasteiger partial charge on any atom is 0.329 e. The van der Waals surface area contributed by atoms with Crippen molar-refractivity contribution in [3.63, 3.8) is 0 Å². The average molecular weight is 222 g/mol. The Morgan fingerprint density at radius 2 is 1.14 bits per heavy atom. The van der Waals surface area contributed by atoms with E-state index in [1.165, 1.54) is 0 Å². The summed E-state index contributed by atoms with van der Waals surface area (Å²) in [4.78, 5) is 9.40. The van der Waals surface area contributed by atoms with Crippen LogP contribution >= 0.6 is 8.60 Å². The van der Waals surface area contributed by atoms with Gasteiger partial charge < -0.3 is 13.9 Å². The third-order valence-electron chi connectivity index (χ3n) is 1.22. The van der Waals surface area contributed by atoms with Crippen molar-refractivity contribution in [2.24, 2.45) is 10.8 Å². The van der Waals surface area contributed by atoms with E-state index in [1.807, 2.05) is 0 Å². The first-order chi connectivity index (χ1) is 6.10. The van der Waals surface area contributed by atoms with E-state index < -0.39 is 8.60 Å². The van der Waals surface area contributed by atoms with Crippen LogP contribution in [0.5, 0.6) is 0 Å². The van der Waals surface area contributed by atoms with E-state index in [0.29, 0.717) is 13.2 Å². The van der Waals surface area contributed by atoms with Gasteiger partial charge in [0.15, 0.2) is 0 Å². The lowest BCUT2D eigenvalue weighted by atomic mass is 9.99. The average Bonchev–Trinajstić information content (AvgIpc) is 1.94. The Bertz CT molecular complexity index is 140. The minimum absolute atomic E-state index is 0.0639. The molecule has 0 unspecified atom stereocenters. The molecule has 0 rings (SSSR count). The number of rotatable bonds is 4. The third-order valence-corrected chi connectivity index (χ3v) is 1.92. The largest absolute Gasteiger partial charge is 0.329 e. The van der Waals surface area contributed by atoms with E-state index in [4.69, 9.17) is 9.05 Å². The van der Waals surface area contributed by atoms with Gasteiger partial charge in [-0.1, -0.05) is 41.5 Å². The summed E-state index contributed by atoms with van der Waals surface area (Å²) in [5.74, 6) is 0. The SMILES string of the molecule is CC(C)(C)COP(O)OCC(C)(C)C. The van der Waals surface area contributed by atoms with Gasteiger partial charge in [-0.05, 0) is 10.8 Å². The quantitative estimate of drug-likeness (QED) is 0.741. The molecule has 0 aliphatic carbocycles. The van der Waals surface area contributed by atoms with E-state index >= 15 is 0 Å². The van der Waals surface area contributed by atoms with Crippen molar-refractivity contribution < 1.29 is 13.9 Å². The van der Waals surface area contributed by atoms with E-state index in [1.54, 1.807) is 0 Å². The van der Waals surface area contributed by atoms with Gasteiger partial charge in [-0.15, -0.1) is 0 Å². The first kappa shape index (κ1) is 14.3. The first-order valence-electron chi connectivity index (χ1n) is 4.85. The van der Waals surface area contributed by atoms with Gasteiger partial charge in [0.2, 0.25) is 0 Å². The maximum atomic E-state index is 9.40. The van der Waals surface area contributed by atoms with E-state index in [9.17, 15) is 4.89 Å². The topological polar surface area (TPSA) is 38.7 Å². The molecule has 0 aromatic carbocycles. The highest BCUT2D eigenvalue weighted by Crippen LogP contribution is 2.36. The van der Waals surface area contributed by atoms with E-state index in [-0.39, 0.29) is 10.8 Å². The maximum absolute atomic E-state index is 9.40. The van der Waals surface area contributed by atoms with Gasteiger partial charge in [-0.2, -0.15) is 0 Å². The van der Waals surface area contributed by atoms with Crippen LogP contribution in [0.2, 0.25) is 0 Å². The molecule has 0 amide bonds. The van der Waals surface area contributed by atoms with Crippen molar-refractivity contribution in [1.82, 2.24) is 0 Å². The molecular formula is C10H23O3P. The first-order valence-corrected chi connectivity index (χ1v) is 5.98. The molecule has 0 saturated heterocycles. The van der Waals surface area contributed by atoms with Crippen molar-refractivity contribution in [3.05, 3.63) is 0 Å². The van der Waals surface area contributed by atoms with Crippen LogP contribution in [0.15, 0.2) is 0 Å². The highest BCUT2D eigenvalue weighted by atomic mass is 31.2. The fraction of sp³-hybridized carbons (Fsp3) is 1.00. The Morgan fingerprint density at radius 3 is 1.36 bits per heavy atom. The van der Waals surface area contributed by atoms with Gasteiger partial charge in [0.25, 0.3) is 0 Å². The smallest absolute Gasteiger partial charge is 0.328 e. The zero-order chi connectivity index (χ0) is 11.4. The van der Waals surface area contributed by atoms with Crippen LogP contribution in [0.3, 0.4) is 0 Å². The standard InChI is InChI=1S/C10H23O3P/c1-9(2,3)7-12-14(11)13-8-10(4,5)6/h11H,7-8H2,1-6H3. The van der Waals surface area contributed by atoms with Gasteiger partial charge in [0, 0.05) is 0 Å². The molecule has 0 atom stereocenters. The Kier molecular flexibility index (Phi) is 5.53. The van der Waals surface area contributed by atoms with Crippen molar-refractivity contribution in [2.75, 3.05) is 13.2 Å². The second kappa shape index (κ2) is 5.41. The van der Waals surface area contributed by atoms with E-state index in [2.05, 4.69) is 41.5 Å². The molecule has 0 heterocycles.